The number of methoxy groups -OCH3 is 2. The number of rotatable bonds is 7. The minimum Gasteiger partial charge on any atom is -0.493 e. The van der Waals surface area contributed by atoms with Gasteiger partial charge in [0.2, 0.25) is 5.75 Å². The molecule has 6 nitrogen and oxygen atoms in total. The molecule has 1 aromatic carbocycles. The third-order valence-electron chi connectivity index (χ3n) is 4.31. The molecule has 2 rings (SSSR count). The molecule has 0 radical (unpaired) electrons. The summed E-state index contributed by atoms with van der Waals surface area (Å²) < 4.78 is 39.8. The van der Waals surface area contributed by atoms with E-state index in [0.717, 1.165) is 32.1 Å². The highest BCUT2D eigenvalue weighted by Gasteiger charge is 2.20. The van der Waals surface area contributed by atoms with E-state index in [1.807, 2.05) is 6.07 Å². The molecule has 0 aliphatic heterocycles. The molecule has 1 fully saturated rings. The zero-order valence-corrected chi connectivity index (χ0v) is 15.3. The van der Waals surface area contributed by atoms with Crippen molar-refractivity contribution in [3.05, 3.63) is 23.3 Å². The van der Waals surface area contributed by atoms with Gasteiger partial charge in [0.25, 0.3) is 5.91 Å². The van der Waals surface area contributed by atoms with Crippen LogP contribution in [0.1, 0.15) is 37.7 Å². The highest BCUT2D eigenvalue weighted by Crippen LogP contribution is 2.40. The van der Waals surface area contributed by atoms with E-state index in [2.05, 4.69) is 10.1 Å². The van der Waals surface area contributed by atoms with Gasteiger partial charge in [-0.3, -0.25) is 4.79 Å². The van der Waals surface area contributed by atoms with Crippen molar-refractivity contribution < 1.29 is 27.8 Å². The molecule has 27 heavy (non-hydrogen) atoms. The van der Waals surface area contributed by atoms with Crippen molar-refractivity contribution in [3.63, 3.8) is 0 Å². The number of ether oxygens (including phenoxy) is 3. The first-order valence-electron chi connectivity index (χ1n) is 8.62. The van der Waals surface area contributed by atoms with E-state index in [1.54, 1.807) is 0 Å². The first-order chi connectivity index (χ1) is 13.0. The van der Waals surface area contributed by atoms with E-state index in [1.165, 1.54) is 32.4 Å². The molecule has 0 bridgehead atoms. The van der Waals surface area contributed by atoms with Gasteiger partial charge in [-0.15, -0.1) is 0 Å². The summed E-state index contributed by atoms with van der Waals surface area (Å²) in [6, 6.07) is 4.73. The largest absolute Gasteiger partial charge is 0.493 e. The van der Waals surface area contributed by atoms with Crippen LogP contribution in [0.5, 0.6) is 17.2 Å². The SMILES string of the molecule is COc1cc(/C=C(\C#N)C(=O)NC2CCCCC2)cc(OC)c1OC(F)F. The lowest BCUT2D eigenvalue weighted by Crippen LogP contribution is -2.36. The van der Waals surface area contributed by atoms with Crippen LogP contribution in [0.25, 0.3) is 6.08 Å². The second kappa shape index (κ2) is 9.76. The molecule has 0 aromatic heterocycles. The Hall–Kier alpha value is -2.82. The maximum absolute atomic E-state index is 12.6. The number of nitriles is 1. The summed E-state index contributed by atoms with van der Waals surface area (Å²) in [6.07, 6.45) is 6.40. The van der Waals surface area contributed by atoms with Gasteiger partial charge in [-0.2, -0.15) is 14.0 Å². The normalized spacial score (nSPS) is 15.2. The molecule has 1 N–H and O–H groups in total. The number of carbonyl (C=O) groups excluding carboxylic acids is 1. The van der Waals surface area contributed by atoms with E-state index >= 15 is 0 Å². The highest BCUT2D eigenvalue weighted by atomic mass is 19.3. The average molecular weight is 380 g/mol. The summed E-state index contributed by atoms with van der Waals surface area (Å²) in [5.41, 5.74) is 0.299. The highest BCUT2D eigenvalue weighted by molar-refractivity contribution is 6.02. The van der Waals surface area contributed by atoms with Gasteiger partial charge in [0.05, 0.1) is 14.2 Å². The van der Waals surface area contributed by atoms with E-state index < -0.39 is 12.5 Å². The third kappa shape index (κ3) is 5.58. The maximum atomic E-state index is 12.6. The van der Waals surface area contributed by atoms with Crippen molar-refractivity contribution in [2.45, 2.75) is 44.8 Å². The molecule has 146 valence electrons. The Morgan fingerprint density at radius 2 is 1.81 bits per heavy atom. The maximum Gasteiger partial charge on any atom is 0.387 e. The van der Waals surface area contributed by atoms with Crippen LogP contribution in [0.4, 0.5) is 8.78 Å². The van der Waals surface area contributed by atoms with E-state index in [0.29, 0.717) is 5.56 Å². The summed E-state index contributed by atoms with van der Waals surface area (Å²) in [5.74, 6) is -0.704. The number of hydrogen-bond donors (Lipinski definition) is 1. The summed E-state index contributed by atoms with van der Waals surface area (Å²) in [5, 5.41) is 12.2. The average Bonchev–Trinajstić information content (AvgIpc) is 2.66. The Morgan fingerprint density at radius 1 is 1.22 bits per heavy atom. The Balaban J connectivity index is 2.28. The third-order valence-corrected chi connectivity index (χ3v) is 4.31. The van der Waals surface area contributed by atoms with Crippen LogP contribution in [0.15, 0.2) is 17.7 Å². The van der Waals surface area contributed by atoms with Crippen molar-refractivity contribution in [1.82, 2.24) is 5.32 Å². The van der Waals surface area contributed by atoms with Gasteiger partial charge < -0.3 is 19.5 Å². The number of hydrogen-bond acceptors (Lipinski definition) is 5. The molecule has 1 saturated carbocycles. The topological polar surface area (TPSA) is 80.6 Å². The van der Waals surface area contributed by atoms with Gasteiger partial charge in [-0.05, 0) is 36.6 Å². The first-order valence-corrected chi connectivity index (χ1v) is 8.62. The second-order valence-electron chi connectivity index (χ2n) is 6.11. The zero-order chi connectivity index (χ0) is 19.8. The molecular weight excluding hydrogens is 358 g/mol. The summed E-state index contributed by atoms with van der Waals surface area (Å²) >= 11 is 0. The molecular formula is C19H22F2N2O4. The van der Waals surface area contributed by atoms with Gasteiger partial charge in [0.1, 0.15) is 11.6 Å². The van der Waals surface area contributed by atoms with Crippen molar-refractivity contribution in [2.24, 2.45) is 0 Å². The van der Waals surface area contributed by atoms with Crippen LogP contribution < -0.4 is 19.5 Å². The molecule has 0 saturated heterocycles. The van der Waals surface area contributed by atoms with Crippen LogP contribution >= 0.6 is 0 Å². The molecule has 1 aliphatic rings. The predicted molar refractivity (Wildman–Crippen MR) is 94.8 cm³/mol. The lowest BCUT2D eigenvalue weighted by molar-refractivity contribution is -0.117. The van der Waals surface area contributed by atoms with Crippen LogP contribution in [0.3, 0.4) is 0 Å². The number of amides is 1. The molecule has 0 unspecified atom stereocenters. The van der Waals surface area contributed by atoms with Crippen molar-refractivity contribution in [3.8, 4) is 23.3 Å². The quantitative estimate of drug-likeness (QED) is 0.577. The Morgan fingerprint density at radius 3 is 2.30 bits per heavy atom. The van der Waals surface area contributed by atoms with E-state index in [4.69, 9.17) is 9.47 Å². The van der Waals surface area contributed by atoms with Crippen LogP contribution in [-0.4, -0.2) is 32.8 Å². The van der Waals surface area contributed by atoms with Crippen molar-refractivity contribution >= 4 is 12.0 Å². The van der Waals surface area contributed by atoms with Gasteiger partial charge >= 0.3 is 6.61 Å². The van der Waals surface area contributed by atoms with Gasteiger partial charge in [0, 0.05) is 6.04 Å². The van der Waals surface area contributed by atoms with Gasteiger partial charge in [-0.1, -0.05) is 19.3 Å². The van der Waals surface area contributed by atoms with Crippen molar-refractivity contribution in [2.75, 3.05) is 14.2 Å². The zero-order valence-electron chi connectivity index (χ0n) is 15.3. The number of nitrogens with one attached hydrogen (secondary N) is 1. The minimum atomic E-state index is -3.05. The monoisotopic (exact) mass is 380 g/mol. The fourth-order valence-electron chi connectivity index (χ4n) is 3.01. The molecule has 1 amide bonds. The van der Waals surface area contributed by atoms with Crippen LogP contribution in [0.2, 0.25) is 0 Å². The number of halogens is 2. The Kier molecular flexibility index (Phi) is 7.41. The summed E-state index contributed by atoms with van der Waals surface area (Å²) in [4.78, 5) is 12.4. The fraction of sp³-hybridized carbons (Fsp3) is 0.474. The first kappa shape index (κ1) is 20.5. The minimum absolute atomic E-state index is 0.00544. The lowest BCUT2D eigenvalue weighted by atomic mass is 9.95. The number of nitrogens with zero attached hydrogens (tertiary/aromatic N) is 1. The number of benzene rings is 1. The Labute approximate surface area is 156 Å². The molecule has 0 spiro atoms. The van der Waals surface area contributed by atoms with Gasteiger partial charge in [0.15, 0.2) is 11.5 Å². The summed E-state index contributed by atoms with van der Waals surface area (Å²) in [7, 11) is 2.59. The molecule has 8 heteroatoms. The molecule has 1 aromatic rings. The second-order valence-corrected chi connectivity index (χ2v) is 6.11. The standard InChI is InChI=1S/C19H22F2N2O4/c1-25-15-9-12(10-16(26-2)17(15)27-19(20)21)8-13(11-22)18(24)23-14-6-4-3-5-7-14/h8-10,14,19H,3-7H2,1-2H3,(H,23,24)/b13-8+. The predicted octanol–water partition coefficient (Wildman–Crippen LogP) is 3.66. The molecule has 1 aliphatic carbocycles. The number of alkyl halides is 2. The number of carbonyl (C=O) groups is 1. The Bertz CT molecular complexity index is 713. The molecule has 0 heterocycles. The van der Waals surface area contributed by atoms with Crippen LogP contribution in [-0.2, 0) is 4.79 Å². The van der Waals surface area contributed by atoms with E-state index in [-0.39, 0.29) is 28.9 Å². The smallest absolute Gasteiger partial charge is 0.387 e. The van der Waals surface area contributed by atoms with E-state index in [9.17, 15) is 18.8 Å². The van der Waals surface area contributed by atoms with Crippen molar-refractivity contribution in [1.29, 1.82) is 5.26 Å². The lowest BCUT2D eigenvalue weighted by Gasteiger charge is -2.22. The van der Waals surface area contributed by atoms with Crippen LogP contribution in [0, 0.1) is 11.3 Å². The summed E-state index contributed by atoms with van der Waals surface area (Å²) in [6.45, 7) is -3.05. The van der Waals surface area contributed by atoms with Gasteiger partial charge in [-0.25, -0.2) is 0 Å². The molecule has 0 atom stereocenters. The fourth-order valence-corrected chi connectivity index (χ4v) is 3.01.